The number of carbonyl (C=O) groups excluding carboxylic acids is 2. The third kappa shape index (κ3) is 4.65. The van der Waals surface area contributed by atoms with Crippen LogP contribution >= 0.6 is 0 Å². The van der Waals surface area contributed by atoms with Gasteiger partial charge in [0.25, 0.3) is 0 Å². The highest BCUT2D eigenvalue weighted by Gasteiger charge is 2.32. The van der Waals surface area contributed by atoms with Crippen LogP contribution in [0.25, 0.3) is 0 Å². The molecule has 1 N–H and O–H groups in total. The van der Waals surface area contributed by atoms with Crippen LogP contribution in [0.4, 0.5) is 0 Å². The molecule has 0 aliphatic carbocycles. The lowest BCUT2D eigenvalue weighted by Gasteiger charge is -2.30. The smallest absolute Gasteiger partial charge is 0.225 e. The van der Waals surface area contributed by atoms with Crippen LogP contribution < -0.4 is 5.32 Å². The lowest BCUT2D eigenvalue weighted by atomic mass is 9.82. The number of hydrogen-bond acceptors (Lipinski definition) is 2. The average molecular weight is 273 g/mol. The van der Waals surface area contributed by atoms with Crippen molar-refractivity contribution in [2.75, 3.05) is 0 Å². The van der Waals surface area contributed by atoms with Crippen LogP contribution in [-0.4, -0.2) is 17.7 Å². The summed E-state index contributed by atoms with van der Waals surface area (Å²) in [5, 5.41) is 2.84. The van der Waals surface area contributed by atoms with Gasteiger partial charge in [0, 0.05) is 0 Å². The lowest BCUT2D eigenvalue weighted by Crippen LogP contribution is -2.49. The van der Waals surface area contributed by atoms with Crippen molar-refractivity contribution in [3.63, 3.8) is 0 Å². The highest BCUT2D eigenvalue weighted by atomic mass is 16.2. The van der Waals surface area contributed by atoms with Gasteiger partial charge in [-0.25, -0.2) is 0 Å². The first kappa shape index (κ1) is 16.2. The van der Waals surface area contributed by atoms with Crippen molar-refractivity contribution in [3.8, 4) is 0 Å². The van der Waals surface area contributed by atoms with Gasteiger partial charge in [-0.2, -0.15) is 0 Å². The van der Waals surface area contributed by atoms with Crippen LogP contribution in [-0.2, 0) is 16.0 Å². The van der Waals surface area contributed by atoms with E-state index in [9.17, 15) is 9.59 Å². The van der Waals surface area contributed by atoms with Gasteiger partial charge in [-0.05, 0) is 23.5 Å². The molecule has 108 valence electrons. The van der Waals surface area contributed by atoms with E-state index < -0.39 is 6.04 Å². The van der Waals surface area contributed by atoms with Gasteiger partial charge in [-0.15, -0.1) is 0 Å². The van der Waals surface area contributed by atoms with Gasteiger partial charge < -0.3 is 5.32 Å². The average Bonchev–Trinajstić information content (AvgIpc) is 2.35. The molecule has 3 nitrogen and oxygen atoms in total. The van der Waals surface area contributed by atoms with E-state index in [0.717, 1.165) is 5.56 Å². The first-order chi connectivity index (χ1) is 9.21. The van der Waals surface area contributed by atoms with Gasteiger partial charge in [0.15, 0.2) is 5.78 Å². The Morgan fingerprint density at radius 3 is 2.20 bits per heavy atom. The monoisotopic (exact) mass is 273 g/mol. The molecule has 3 heteroatoms. The first-order valence-corrected chi connectivity index (χ1v) is 6.75. The minimum absolute atomic E-state index is 0.112. The number of nitrogens with one attached hydrogen (secondary N) is 1. The van der Waals surface area contributed by atoms with Crippen LogP contribution in [0.3, 0.4) is 0 Å². The van der Waals surface area contributed by atoms with Crippen LogP contribution in [0.15, 0.2) is 42.5 Å². The number of amides is 1. The Labute approximate surface area is 121 Å². The normalized spacial score (nSPS) is 12.6. The zero-order valence-corrected chi connectivity index (χ0v) is 12.7. The molecule has 0 radical (unpaired) electrons. The molecule has 0 bridgehead atoms. The Morgan fingerprint density at radius 1 is 1.20 bits per heavy atom. The fourth-order valence-corrected chi connectivity index (χ4v) is 1.92. The van der Waals surface area contributed by atoms with Gasteiger partial charge in [0.2, 0.25) is 5.91 Å². The van der Waals surface area contributed by atoms with Crippen molar-refractivity contribution < 1.29 is 9.59 Å². The molecule has 1 unspecified atom stereocenters. The number of hydrogen-bond donors (Lipinski definition) is 1. The molecule has 1 aromatic rings. The van der Waals surface area contributed by atoms with Crippen molar-refractivity contribution >= 4 is 11.7 Å². The molecule has 1 atom stereocenters. The van der Waals surface area contributed by atoms with Gasteiger partial charge >= 0.3 is 0 Å². The molecular formula is C17H23NO2. The third-order valence-electron chi connectivity index (χ3n) is 3.06. The van der Waals surface area contributed by atoms with E-state index >= 15 is 0 Å². The summed E-state index contributed by atoms with van der Waals surface area (Å²) in [5.74, 6) is -0.260. The Kier molecular flexibility index (Phi) is 5.26. The topological polar surface area (TPSA) is 46.2 Å². The van der Waals surface area contributed by atoms with Crippen molar-refractivity contribution in [2.45, 2.75) is 40.2 Å². The molecule has 0 aliphatic heterocycles. The second-order valence-corrected chi connectivity index (χ2v) is 6.17. The standard InChI is InChI=1S/C17H23NO2/c1-12(2)15(20)16(17(3,4)5)18-14(19)11-13-9-7-6-8-10-13/h6-10,16H,1,11H2,2-5H3,(H,18,19). The molecule has 0 aromatic heterocycles. The number of Topliss-reactive ketones (excluding diaryl/α,β-unsaturated/α-hetero) is 1. The quantitative estimate of drug-likeness (QED) is 0.838. The van der Waals surface area contributed by atoms with E-state index in [1.165, 1.54) is 0 Å². The molecule has 0 fully saturated rings. The Hall–Kier alpha value is -1.90. The summed E-state index contributed by atoms with van der Waals surface area (Å²) in [6.45, 7) is 11.1. The highest BCUT2D eigenvalue weighted by molar-refractivity contribution is 6.01. The molecule has 0 heterocycles. The fraction of sp³-hybridized carbons (Fsp3) is 0.412. The predicted molar refractivity (Wildman–Crippen MR) is 81.4 cm³/mol. The maximum atomic E-state index is 12.2. The van der Waals surface area contributed by atoms with Crippen molar-refractivity contribution in [3.05, 3.63) is 48.0 Å². The molecule has 1 amide bonds. The number of ketones is 1. The maximum Gasteiger partial charge on any atom is 0.225 e. The third-order valence-corrected chi connectivity index (χ3v) is 3.06. The van der Waals surface area contributed by atoms with Crippen molar-refractivity contribution in [1.29, 1.82) is 0 Å². The van der Waals surface area contributed by atoms with E-state index in [4.69, 9.17) is 0 Å². The summed E-state index contributed by atoms with van der Waals surface area (Å²) in [6, 6.07) is 8.94. The molecule has 20 heavy (non-hydrogen) atoms. The predicted octanol–water partition coefficient (Wildman–Crippen LogP) is 2.91. The number of benzene rings is 1. The Morgan fingerprint density at radius 2 is 1.75 bits per heavy atom. The van der Waals surface area contributed by atoms with Crippen molar-refractivity contribution in [1.82, 2.24) is 5.32 Å². The summed E-state index contributed by atoms with van der Waals surface area (Å²) in [5.41, 5.74) is 1.05. The van der Waals surface area contributed by atoms with Crippen LogP contribution in [0, 0.1) is 5.41 Å². The summed E-state index contributed by atoms with van der Waals surface area (Å²) in [7, 11) is 0. The van der Waals surface area contributed by atoms with E-state index in [1.807, 2.05) is 51.1 Å². The molecule has 1 aromatic carbocycles. The molecule has 0 saturated carbocycles. The zero-order chi connectivity index (χ0) is 15.3. The summed E-state index contributed by atoms with van der Waals surface area (Å²) in [4.78, 5) is 24.3. The minimum Gasteiger partial charge on any atom is -0.345 e. The Balaban J connectivity index is 2.78. The fourth-order valence-electron chi connectivity index (χ4n) is 1.92. The molecular weight excluding hydrogens is 250 g/mol. The van der Waals surface area contributed by atoms with Crippen LogP contribution in [0.1, 0.15) is 33.3 Å². The molecule has 0 aliphatic rings. The van der Waals surface area contributed by atoms with Gasteiger partial charge in [0.1, 0.15) is 0 Å². The molecule has 1 rings (SSSR count). The first-order valence-electron chi connectivity index (χ1n) is 6.75. The zero-order valence-electron chi connectivity index (χ0n) is 12.7. The lowest BCUT2D eigenvalue weighted by molar-refractivity contribution is -0.128. The maximum absolute atomic E-state index is 12.2. The van der Waals surface area contributed by atoms with Crippen LogP contribution in [0.5, 0.6) is 0 Å². The van der Waals surface area contributed by atoms with Crippen LogP contribution in [0.2, 0.25) is 0 Å². The summed E-state index contributed by atoms with van der Waals surface area (Å²) >= 11 is 0. The van der Waals surface area contributed by atoms with E-state index in [-0.39, 0.29) is 23.5 Å². The van der Waals surface area contributed by atoms with E-state index in [2.05, 4.69) is 11.9 Å². The molecule has 0 spiro atoms. The van der Waals surface area contributed by atoms with Gasteiger partial charge in [0.05, 0.1) is 12.5 Å². The second kappa shape index (κ2) is 6.51. The second-order valence-electron chi connectivity index (χ2n) is 6.17. The number of carbonyl (C=O) groups is 2. The number of rotatable bonds is 5. The van der Waals surface area contributed by atoms with E-state index in [1.54, 1.807) is 6.92 Å². The minimum atomic E-state index is -0.545. The van der Waals surface area contributed by atoms with Crippen molar-refractivity contribution in [2.24, 2.45) is 5.41 Å². The highest BCUT2D eigenvalue weighted by Crippen LogP contribution is 2.22. The van der Waals surface area contributed by atoms with Gasteiger partial charge in [-0.1, -0.05) is 57.7 Å². The van der Waals surface area contributed by atoms with E-state index in [0.29, 0.717) is 5.57 Å². The SMILES string of the molecule is C=C(C)C(=O)C(NC(=O)Cc1ccccc1)C(C)(C)C. The summed E-state index contributed by atoms with van der Waals surface area (Å²) in [6.07, 6.45) is 0.275. The molecule has 0 saturated heterocycles. The van der Waals surface area contributed by atoms with Gasteiger partial charge in [-0.3, -0.25) is 9.59 Å². The Bertz CT molecular complexity index is 497. The largest absolute Gasteiger partial charge is 0.345 e. The summed E-state index contributed by atoms with van der Waals surface area (Å²) < 4.78 is 0.